The number of ether oxygens (including phenoxy) is 1. The Morgan fingerprint density at radius 2 is 2.12 bits per heavy atom. The van der Waals surface area contributed by atoms with Crippen LogP contribution in [0, 0.1) is 0 Å². The van der Waals surface area contributed by atoms with E-state index in [0.29, 0.717) is 26.3 Å². The number of amides is 2. The molecule has 7 nitrogen and oxygen atoms in total. The van der Waals surface area contributed by atoms with E-state index in [-0.39, 0.29) is 12.6 Å². The third kappa shape index (κ3) is 4.20. The molecule has 2 amide bonds. The van der Waals surface area contributed by atoms with E-state index < -0.39 is 11.6 Å². The van der Waals surface area contributed by atoms with Crippen LogP contribution in [0.5, 0.6) is 0 Å². The summed E-state index contributed by atoms with van der Waals surface area (Å²) in [5.74, 6) is -1.36. The molecule has 7 heteroatoms. The molecule has 1 saturated heterocycles. The maximum Gasteiger partial charge on any atom is 0.337 e. The van der Waals surface area contributed by atoms with Gasteiger partial charge in [-0.1, -0.05) is 0 Å². The third-order valence-corrected chi connectivity index (χ3v) is 2.55. The average molecular weight is 246 g/mol. The van der Waals surface area contributed by atoms with Crippen molar-refractivity contribution in [3.8, 4) is 0 Å². The molecule has 17 heavy (non-hydrogen) atoms. The Labute approximate surface area is 99.4 Å². The number of nitrogens with zero attached hydrogens (tertiary/aromatic N) is 1. The lowest BCUT2D eigenvalue weighted by Crippen LogP contribution is -2.50. The molecule has 0 saturated carbocycles. The van der Waals surface area contributed by atoms with Gasteiger partial charge in [0.15, 0.2) is 5.60 Å². The monoisotopic (exact) mass is 246 g/mol. The van der Waals surface area contributed by atoms with Gasteiger partial charge in [0, 0.05) is 19.7 Å². The number of carbonyl (C=O) groups is 2. The molecule has 0 aromatic carbocycles. The van der Waals surface area contributed by atoms with E-state index in [1.165, 1.54) is 0 Å². The molecule has 0 bridgehead atoms. The van der Waals surface area contributed by atoms with Crippen LogP contribution in [0.1, 0.15) is 13.3 Å². The Bertz CT molecular complexity index is 284. The summed E-state index contributed by atoms with van der Waals surface area (Å²) in [4.78, 5) is 23.9. The molecule has 1 heterocycles. The van der Waals surface area contributed by atoms with Crippen LogP contribution < -0.4 is 5.32 Å². The van der Waals surface area contributed by atoms with E-state index in [1.54, 1.807) is 4.90 Å². The van der Waals surface area contributed by atoms with Crippen LogP contribution >= 0.6 is 0 Å². The topological polar surface area (TPSA) is 99.1 Å². The maximum absolute atomic E-state index is 11.7. The smallest absolute Gasteiger partial charge is 0.337 e. The van der Waals surface area contributed by atoms with Crippen LogP contribution in [0.15, 0.2) is 0 Å². The van der Waals surface area contributed by atoms with E-state index in [4.69, 9.17) is 9.84 Å². The molecule has 3 N–H and O–H groups in total. The molecule has 1 aliphatic heterocycles. The third-order valence-electron chi connectivity index (χ3n) is 2.55. The molecular weight excluding hydrogens is 228 g/mol. The van der Waals surface area contributed by atoms with Gasteiger partial charge in [-0.05, 0) is 13.3 Å². The predicted octanol–water partition coefficient (Wildman–Crippen LogP) is -0.746. The highest BCUT2D eigenvalue weighted by Gasteiger charge is 2.31. The van der Waals surface area contributed by atoms with E-state index in [9.17, 15) is 14.7 Å². The van der Waals surface area contributed by atoms with Crippen molar-refractivity contribution in [1.29, 1.82) is 0 Å². The summed E-state index contributed by atoms with van der Waals surface area (Å²) < 4.78 is 5.19. The van der Waals surface area contributed by atoms with Gasteiger partial charge < -0.3 is 25.2 Å². The first kappa shape index (κ1) is 13.7. The zero-order valence-electron chi connectivity index (χ0n) is 9.81. The second kappa shape index (κ2) is 5.83. The highest BCUT2D eigenvalue weighted by Crippen LogP contribution is 2.03. The van der Waals surface area contributed by atoms with Crippen LogP contribution in [-0.4, -0.2) is 65.6 Å². The van der Waals surface area contributed by atoms with Gasteiger partial charge in [-0.15, -0.1) is 0 Å². The Hall–Kier alpha value is -1.34. The fourth-order valence-corrected chi connectivity index (χ4v) is 1.38. The van der Waals surface area contributed by atoms with Crippen LogP contribution in [-0.2, 0) is 9.53 Å². The summed E-state index contributed by atoms with van der Waals surface area (Å²) in [6.07, 6.45) is 0.753. The lowest BCUT2D eigenvalue weighted by molar-refractivity contribution is -0.155. The molecule has 0 spiro atoms. The number of hydrogen-bond acceptors (Lipinski definition) is 4. The number of aliphatic carboxylic acids is 1. The number of carboxylic acids is 1. The first-order valence-corrected chi connectivity index (χ1v) is 5.50. The molecule has 1 aliphatic rings. The van der Waals surface area contributed by atoms with Crippen molar-refractivity contribution in [3.05, 3.63) is 0 Å². The van der Waals surface area contributed by atoms with Crippen molar-refractivity contribution >= 4 is 12.0 Å². The number of nitrogens with one attached hydrogen (secondary N) is 1. The second-order valence-corrected chi connectivity index (χ2v) is 4.19. The van der Waals surface area contributed by atoms with Crippen molar-refractivity contribution in [2.24, 2.45) is 0 Å². The lowest BCUT2D eigenvalue weighted by atomic mass is 10.1. The maximum atomic E-state index is 11.7. The van der Waals surface area contributed by atoms with Crippen LogP contribution in [0.3, 0.4) is 0 Å². The second-order valence-electron chi connectivity index (χ2n) is 4.19. The van der Waals surface area contributed by atoms with E-state index in [1.807, 2.05) is 0 Å². The Morgan fingerprint density at radius 3 is 2.76 bits per heavy atom. The van der Waals surface area contributed by atoms with Gasteiger partial charge in [0.2, 0.25) is 0 Å². The number of urea groups is 1. The first-order chi connectivity index (χ1) is 7.93. The van der Waals surface area contributed by atoms with Gasteiger partial charge in [0.1, 0.15) is 0 Å². The minimum Gasteiger partial charge on any atom is -0.479 e. The molecular formula is C10H18N2O5. The van der Waals surface area contributed by atoms with Crippen molar-refractivity contribution in [2.45, 2.75) is 18.9 Å². The van der Waals surface area contributed by atoms with Crippen LogP contribution in [0.4, 0.5) is 4.79 Å². The minimum atomic E-state index is -1.95. The number of carboxylic acid groups (broad SMARTS) is 1. The van der Waals surface area contributed by atoms with Gasteiger partial charge in [-0.3, -0.25) is 0 Å². The molecule has 0 aliphatic carbocycles. The molecule has 0 radical (unpaired) electrons. The molecule has 0 aromatic heterocycles. The molecule has 1 fully saturated rings. The van der Waals surface area contributed by atoms with E-state index in [2.05, 4.69) is 5.32 Å². The number of rotatable bonds is 3. The number of aliphatic hydroxyl groups is 1. The van der Waals surface area contributed by atoms with Crippen LogP contribution in [0.2, 0.25) is 0 Å². The van der Waals surface area contributed by atoms with E-state index >= 15 is 0 Å². The zero-order valence-corrected chi connectivity index (χ0v) is 9.81. The first-order valence-electron chi connectivity index (χ1n) is 5.50. The fourth-order valence-electron chi connectivity index (χ4n) is 1.38. The zero-order chi connectivity index (χ0) is 12.9. The molecule has 0 aromatic rings. The SMILES string of the molecule is CC(O)(CNC(=O)N1CCCOCC1)C(=O)O. The van der Waals surface area contributed by atoms with Crippen molar-refractivity contribution in [2.75, 3.05) is 32.8 Å². The van der Waals surface area contributed by atoms with Gasteiger partial charge in [0.25, 0.3) is 0 Å². The van der Waals surface area contributed by atoms with E-state index in [0.717, 1.165) is 13.3 Å². The van der Waals surface area contributed by atoms with Crippen molar-refractivity contribution in [3.63, 3.8) is 0 Å². The summed E-state index contributed by atoms with van der Waals surface area (Å²) in [6, 6.07) is -0.378. The highest BCUT2D eigenvalue weighted by molar-refractivity contribution is 5.79. The lowest BCUT2D eigenvalue weighted by Gasteiger charge is -2.23. The van der Waals surface area contributed by atoms with Gasteiger partial charge in [0.05, 0.1) is 13.2 Å². The highest BCUT2D eigenvalue weighted by atomic mass is 16.5. The minimum absolute atomic E-state index is 0.321. The normalized spacial score (nSPS) is 20.2. The Morgan fingerprint density at radius 1 is 1.41 bits per heavy atom. The van der Waals surface area contributed by atoms with Crippen LogP contribution in [0.25, 0.3) is 0 Å². The Balaban J connectivity index is 2.40. The fraction of sp³-hybridized carbons (Fsp3) is 0.800. The molecule has 1 rings (SSSR count). The molecule has 98 valence electrons. The summed E-state index contributed by atoms with van der Waals surface area (Å²) in [6.45, 7) is 2.96. The molecule has 1 unspecified atom stereocenters. The Kier molecular flexibility index (Phi) is 4.71. The van der Waals surface area contributed by atoms with Gasteiger partial charge in [-0.2, -0.15) is 0 Å². The number of carbonyl (C=O) groups excluding carboxylic acids is 1. The van der Waals surface area contributed by atoms with Crippen molar-refractivity contribution < 1.29 is 24.5 Å². The number of hydrogen-bond donors (Lipinski definition) is 3. The average Bonchev–Trinajstić information content (AvgIpc) is 2.54. The standard InChI is InChI=1S/C10H18N2O5/c1-10(16,8(13)14)7-11-9(15)12-3-2-5-17-6-4-12/h16H,2-7H2,1H3,(H,11,15)(H,13,14). The summed E-state index contributed by atoms with van der Waals surface area (Å²) >= 11 is 0. The molecule has 1 atom stereocenters. The van der Waals surface area contributed by atoms with Crippen molar-refractivity contribution in [1.82, 2.24) is 10.2 Å². The van der Waals surface area contributed by atoms with Gasteiger partial charge in [-0.25, -0.2) is 9.59 Å². The summed E-state index contributed by atoms with van der Waals surface area (Å²) in [5, 5.41) is 20.5. The predicted molar refractivity (Wildman–Crippen MR) is 58.7 cm³/mol. The van der Waals surface area contributed by atoms with Gasteiger partial charge >= 0.3 is 12.0 Å². The summed E-state index contributed by atoms with van der Waals surface area (Å²) in [7, 11) is 0. The summed E-state index contributed by atoms with van der Waals surface area (Å²) in [5.41, 5.74) is -1.95. The quantitative estimate of drug-likeness (QED) is 0.608. The largest absolute Gasteiger partial charge is 0.479 e.